The normalized spacial score (nSPS) is 10.3. The number of hydrogen-bond donors (Lipinski definition) is 2. The van der Waals surface area contributed by atoms with Gasteiger partial charge in [0.25, 0.3) is 0 Å². The number of nitrogens with zero attached hydrogens (tertiary/aromatic N) is 1. The zero-order chi connectivity index (χ0) is 7.56. The fourth-order valence-corrected chi connectivity index (χ4v) is 1.05. The molecule has 0 aliphatic rings. The van der Waals surface area contributed by atoms with E-state index in [9.17, 15) is 0 Å². The molecule has 0 fully saturated rings. The second-order valence-electron chi connectivity index (χ2n) is 2.12. The number of hydrogen-bond acceptors (Lipinski definition) is 2. The monoisotopic (exact) mass is 159 g/mol. The minimum absolute atomic E-state index is 0.562. The number of aromatic amines is 1. The lowest BCUT2D eigenvalue weighted by Crippen LogP contribution is -2.05. The van der Waals surface area contributed by atoms with Gasteiger partial charge in [-0.25, -0.2) is 4.98 Å². The highest BCUT2D eigenvalue weighted by Crippen LogP contribution is 2.10. The van der Waals surface area contributed by atoms with E-state index in [1.165, 1.54) is 0 Å². The number of aromatic nitrogens is 2. The average molecular weight is 160 g/mol. The summed E-state index contributed by atoms with van der Waals surface area (Å²) in [5.41, 5.74) is 0.946. The third-order valence-corrected chi connectivity index (χ3v) is 1.51. The van der Waals surface area contributed by atoms with Crippen molar-refractivity contribution in [1.29, 1.82) is 0 Å². The van der Waals surface area contributed by atoms with Gasteiger partial charge in [-0.2, -0.15) is 0 Å². The zero-order valence-corrected chi connectivity index (χ0v) is 6.79. The molecule has 0 aliphatic heterocycles. The minimum atomic E-state index is 0.562. The fourth-order valence-electron chi connectivity index (χ4n) is 0.807. The van der Waals surface area contributed by atoms with E-state index in [2.05, 4.69) is 15.3 Å². The summed E-state index contributed by atoms with van der Waals surface area (Å²) in [5.74, 6) is 0.857. The standard InChI is InChI=1S/C6H10ClN3/c1-4-9-5(3-8-2)6(7)10-4/h8H,3H2,1-2H3,(H,9,10). The molecule has 2 N–H and O–H groups in total. The van der Waals surface area contributed by atoms with Gasteiger partial charge in [0, 0.05) is 6.54 Å². The van der Waals surface area contributed by atoms with Gasteiger partial charge in [0.05, 0.1) is 5.69 Å². The highest BCUT2D eigenvalue weighted by Gasteiger charge is 2.02. The maximum atomic E-state index is 5.74. The molecule has 1 aromatic heterocycles. The first-order valence-electron chi connectivity index (χ1n) is 3.09. The molecule has 0 amide bonds. The Balaban J connectivity index is 2.81. The van der Waals surface area contributed by atoms with Crippen molar-refractivity contribution in [3.05, 3.63) is 16.7 Å². The van der Waals surface area contributed by atoms with E-state index >= 15 is 0 Å². The van der Waals surface area contributed by atoms with Crippen molar-refractivity contribution < 1.29 is 0 Å². The molecular weight excluding hydrogens is 150 g/mol. The highest BCUT2D eigenvalue weighted by atomic mass is 35.5. The number of aryl methyl sites for hydroxylation is 1. The first-order chi connectivity index (χ1) is 4.74. The van der Waals surface area contributed by atoms with E-state index in [1.54, 1.807) is 0 Å². The Morgan fingerprint density at radius 3 is 2.80 bits per heavy atom. The van der Waals surface area contributed by atoms with Crippen LogP contribution < -0.4 is 5.32 Å². The first-order valence-corrected chi connectivity index (χ1v) is 3.47. The lowest BCUT2D eigenvalue weighted by atomic mass is 10.5. The third-order valence-electron chi connectivity index (χ3n) is 1.20. The molecule has 0 aromatic carbocycles. The quantitative estimate of drug-likeness (QED) is 0.679. The van der Waals surface area contributed by atoms with E-state index in [0.29, 0.717) is 5.15 Å². The van der Waals surface area contributed by atoms with Crippen LogP contribution in [0.15, 0.2) is 0 Å². The molecule has 1 rings (SSSR count). The Hall–Kier alpha value is -0.540. The highest BCUT2D eigenvalue weighted by molar-refractivity contribution is 6.30. The van der Waals surface area contributed by atoms with E-state index in [1.807, 2.05) is 14.0 Å². The summed E-state index contributed by atoms with van der Waals surface area (Å²) < 4.78 is 0. The van der Waals surface area contributed by atoms with Crippen LogP contribution >= 0.6 is 11.6 Å². The number of H-pyrrole nitrogens is 1. The second kappa shape index (κ2) is 3.03. The van der Waals surface area contributed by atoms with Crippen LogP contribution in [0.1, 0.15) is 11.5 Å². The molecule has 0 unspecified atom stereocenters. The van der Waals surface area contributed by atoms with Crippen LogP contribution in [0.25, 0.3) is 0 Å². The van der Waals surface area contributed by atoms with E-state index in [4.69, 9.17) is 11.6 Å². The maximum Gasteiger partial charge on any atom is 0.151 e. The predicted octanol–water partition coefficient (Wildman–Crippen LogP) is 1.09. The molecule has 56 valence electrons. The maximum absolute atomic E-state index is 5.74. The number of imidazole rings is 1. The smallest absolute Gasteiger partial charge is 0.151 e. The average Bonchev–Trinajstić information content (AvgIpc) is 2.13. The van der Waals surface area contributed by atoms with Crippen LogP contribution in [0.5, 0.6) is 0 Å². The Morgan fingerprint density at radius 1 is 1.70 bits per heavy atom. The molecule has 1 heterocycles. The van der Waals surface area contributed by atoms with E-state index in [0.717, 1.165) is 18.1 Å². The van der Waals surface area contributed by atoms with Crippen molar-refractivity contribution in [2.45, 2.75) is 13.5 Å². The summed E-state index contributed by atoms with van der Waals surface area (Å²) in [6.45, 7) is 2.62. The summed E-state index contributed by atoms with van der Waals surface area (Å²) in [7, 11) is 1.87. The van der Waals surface area contributed by atoms with Gasteiger partial charge in [0.1, 0.15) is 5.82 Å². The lowest BCUT2D eigenvalue weighted by molar-refractivity contribution is 0.795. The summed E-state index contributed by atoms with van der Waals surface area (Å²) >= 11 is 5.74. The third kappa shape index (κ3) is 1.49. The summed E-state index contributed by atoms with van der Waals surface area (Å²) in [6.07, 6.45) is 0. The van der Waals surface area contributed by atoms with Crippen LogP contribution in [-0.4, -0.2) is 17.0 Å². The Bertz CT molecular complexity index is 219. The van der Waals surface area contributed by atoms with Gasteiger partial charge in [-0.1, -0.05) is 11.6 Å². The molecule has 3 nitrogen and oxygen atoms in total. The van der Waals surface area contributed by atoms with Crippen molar-refractivity contribution in [1.82, 2.24) is 15.3 Å². The molecule has 4 heteroatoms. The van der Waals surface area contributed by atoms with Gasteiger partial charge >= 0.3 is 0 Å². The second-order valence-corrected chi connectivity index (χ2v) is 2.48. The summed E-state index contributed by atoms with van der Waals surface area (Å²) in [4.78, 5) is 7.04. The van der Waals surface area contributed by atoms with Gasteiger partial charge in [0.15, 0.2) is 5.15 Å². The molecule has 0 saturated carbocycles. The summed E-state index contributed by atoms with van der Waals surface area (Å²) in [6, 6.07) is 0. The zero-order valence-electron chi connectivity index (χ0n) is 6.03. The largest absolute Gasteiger partial charge is 0.344 e. The van der Waals surface area contributed by atoms with Crippen molar-refractivity contribution >= 4 is 11.6 Å². The molecule has 0 radical (unpaired) electrons. The van der Waals surface area contributed by atoms with Gasteiger partial charge in [0.2, 0.25) is 0 Å². The lowest BCUT2D eigenvalue weighted by Gasteiger charge is -1.92. The molecule has 0 aliphatic carbocycles. The minimum Gasteiger partial charge on any atom is -0.344 e. The van der Waals surface area contributed by atoms with Crippen molar-refractivity contribution in [3.8, 4) is 0 Å². The first kappa shape index (κ1) is 7.57. The molecular formula is C6H10ClN3. The van der Waals surface area contributed by atoms with Crippen LogP contribution in [-0.2, 0) is 6.54 Å². The topological polar surface area (TPSA) is 40.7 Å². The fraction of sp³-hybridized carbons (Fsp3) is 0.500. The molecule has 0 spiro atoms. The van der Waals surface area contributed by atoms with Crippen molar-refractivity contribution in [2.24, 2.45) is 0 Å². The van der Waals surface area contributed by atoms with Crippen LogP contribution in [0.4, 0.5) is 0 Å². The summed E-state index contributed by atoms with van der Waals surface area (Å²) in [5, 5.41) is 3.54. The molecule has 0 saturated heterocycles. The molecule has 0 bridgehead atoms. The van der Waals surface area contributed by atoms with Crippen LogP contribution in [0.2, 0.25) is 5.15 Å². The SMILES string of the molecule is CNCc1[nH]c(C)nc1Cl. The molecule has 10 heavy (non-hydrogen) atoms. The van der Waals surface area contributed by atoms with Gasteiger partial charge in [-0.3, -0.25) is 0 Å². The van der Waals surface area contributed by atoms with Gasteiger partial charge in [-0.05, 0) is 14.0 Å². The van der Waals surface area contributed by atoms with Gasteiger partial charge in [-0.15, -0.1) is 0 Å². The van der Waals surface area contributed by atoms with Crippen LogP contribution in [0.3, 0.4) is 0 Å². The Kier molecular flexibility index (Phi) is 2.29. The number of nitrogens with one attached hydrogen (secondary N) is 2. The van der Waals surface area contributed by atoms with Crippen molar-refractivity contribution in [3.63, 3.8) is 0 Å². The van der Waals surface area contributed by atoms with Crippen LogP contribution in [0, 0.1) is 6.92 Å². The molecule has 0 atom stereocenters. The number of rotatable bonds is 2. The van der Waals surface area contributed by atoms with Gasteiger partial charge < -0.3 is 10.3 Å². The number of halogens is 1. The predicted molar refractivity (Wildman–Crippen MR) is 41.1 cm³/mol. The van der Waals surface area contributed by atoms with E-state index < -0.39 is 0 Å². The van der Waals surface area contributed by atoms with Crippen molar-refractivity contribution in [2.75, 3.05) is 7.05 Å². The Morgan fingerprint density at radius 2 is 2.40 bits per heavy atom. The van der Waals surface area contributed by atoms with E-state index in [-0.39, 0.29) is 0 Å². The molecule has 1 aromatic rings. The Labute approximate surface area is 64.8 Å².